The molecule has 0 aliphatic carbocycles. The zero-order valence-corrected chi connectivity index (χ0v) is 8.63. The molecule has 1 fully saturated rings. The Balaban J connectivity index is 2.21. The third-order valence-corrected chi connectivity index (χ3v) is 2.77. The van der Waals surface area contributed by atoms with E-state index >= 15 is 0 Å². The topological polar surface area (TPSA) is 77.2 Å². The molecule has 5 heteroatoms. The van der Waals surface area contributed by atoms with E-state index in [1.54, 1.807) is 18.3 Å². The van der Waals surface area contributed by atoms with Crippen molar-refractivity contribution in [3.8, 4) is 6.07 Å². The van der Waals surface area contributed by atoms with Crippen LogP contribution in [0.3, 0.4) is 0 Å². The molecule has 1 N–H and O–H groups in total. The molecule has 82 valence electrons. The first-order chi connectivity index (χ1) is 7.72. The molecule has 1 unspecified atom stereocenters. The SMILES string of the molecule is N#Cc1ncccc1N1CCC(C(=O)O)C1. The number of nitrogens with zero attached hydrogens (tertiary/aromatic N) is 3. The van der Waals surface area contributed by atoms with Gasteiger partial charge in [0.2, 0.25) is 0 Å². The van der Waals surface area contributed by atoms with Crippen molar-refractivity contribution in [3.63, 3.8) is 0 Å². The number of rotatable bonds is 2. The average molecular weight is 217 g/mol. The highest BCUT2D eigenvalue weighted by atomic mass is 16.4. The highest BCUT2D eigenvalue weighted by Gasteiger charge is 2.29. The molecule has 2 heterocycles. The van der Waals surface area contributed by atoms with E-state index in [0.29, 0.717) is 25.2 Å². The molecule has 1 aromatic heterocycles. The third-order valence-electron chi connectivity index (χ3n) is 2.77. The highest BCUT2D eigenvalue weighted by Crippen LogP contribution is 2.25. The van der Waals surface area contributed by atoms with Crippen LogP contribution in [0, 0.1) is 17.2 Å². The standard InChI is InChI=1S/C11H11N3O2/c12-6-9-10(2-1-4-13-9)14-5-3-8(7-14)11(15)16/h1-2,4,8H,3,5,7H2,(H,15,16). The zero-order valence-electron chi connectivity index (χ0n) is 8.63. The second kappa shape index (κ2) is 4.19. The minimum absolute atomic E-state index is 0.341. The van der Waals surface area contributed by atoms with E-state index in [0.717, 1.165) is 5.69 Å². The summed E-state index contributed by atoms with van der Waals surface area (Å²) in [6, 6.07) is 5.57. The van der Waals surface area contributed by atoms with Crippen LogP contribution in [0.2, 0.25) is 0 Å². The minimum atomic E-state index is -0.773. The normalized spacial score (nSPS) is 19.4. The Bertz CT molecular complexity index is 453. The maximum Gasteiger partial charge on any atom is 0.308 e. The van der Waals surface area contributed by atoms with Gasteiger partial charge in [-0.15, -0.1) is 0 Å². The first-order valence-electron chi connectivity index (χ1n) is 5.05. The van der Waals surface area contributed by atoms with Gasteiger partial charge in [-0.25, -0.2) is 4.98 Å². The van der Waals surface area contributed by atoms with Gasteiger partial charge in [-0.3, -0.25) is 4.79 Å². The van der Waals surface area contributed by atoms with Gasteiger partial charge in [0.25, 0.3) is 0 Å². The summed E-state index contributed by atoms with van der Waals surface area (Å²) in [5.74, 6) is -1.11. The Morgan fingerprint density at radius 2 is 2.50 bits per heavy atom. The van der Waals surface area contributed by atoms with Crippen LogP contribution in [0.4, 0.5) is 5.69 Å². The highest BCUT2D eigenvalue weighted by molar-refractivity contribution is 5.72. The Labute approximate surface area is 92.9 Å². The van der Waals surface area contributed by atoms with Gasteiger partial charge in [0, 0.05) is 19.3 Å². The molecule has 1 atom stereocenters. The largest absolute Gasteiger partial charge is 0.481 e. The van der Waals surface area contributed by atoms with E-state index in [2.05, 4.69) is 4.98 Å². The van der Waals surface area contributed by atoms with Crippen molar-refractivity contribution in [2.24, 2.45) is 5.92 Å². The summed E-state index contributed by atoms with van der Waals surface area (Å²) in [5, 5.41) is 17.8. The van der Waals surface area contributed by atoms with Gasteiger partial charge >= 0.3 is 5.97 Å². The zero-order chi connectivity index (χ0) is 11.5. The van der Waals surface area contributed by atoms with Crippen LogP contribution in [-0.4, -0.2) is 29.1 Å². The Kier molecular flexibility index (Phi) is 2.73. The maximum absolute atomic E-state index is 10.8. The quantitative estimate of drug-likeness (QED) is 0.795. The lowest BCUT2D eigenvalue weighted by Crippen LogP contribution is -2.23. The van der Waals surface area contributed by atoms with E-state index in [1.165, 1.54) is 0 Å². The minimum Gasteiger partial charge on any atom is -0.481 e. The summed E-state index contributed by atoms with van der Waals surface area (Å²) < 4.78 is 0. The molecule has 16 heavy (non-hydrogen) atoms. The number of carbonyl (C=O) groups is 1. The van der Waals surface area contributed by atoms with Crippen LogP contribution in [0.5, 0.6) is 0 Å². The summed E-state index contributed by atoms with van der Waals surface area (Å²) in [7, 11) is 0. The molecule has 0 radical (unpaired) electrons. The lowest BCUT2D eigenvalue weighted by Gasteiger charge is -2.18. The number of anilines is 1. The van der Waals surface area contributed by atoms with E-state index in [-0.39, 0.29) is 5.92 Å². The van der Waals surface area contributed by atoms with Crippen LogP contribution in [-0.2, 0) is 4.79 Å². The summed E-state index contributed by atoms with van der Waals surface area (Å²) in [5.41, 5.74) is 1.09. The fourth-order valence-electron chi connectivity index (χ4n) is 1.92. The number of aliphatic carboxylic acids is 1. The van der Waals surface area contributed by atoms with Gasteiger partial charge in [0.05, 0.1) is 11.6 Å². The number of hydrogen-bond acceptors (Lipinski definition) is 4. The molecule has 1 aliphatic rings. The van der Waals surface area contributed by atoms with Gasteiger partial charge in [-0.05, 0) is 18.6 Å². The first-order valence-corrected chi connectivity index (χ1v) is 5.05. The predicted molar refractivity (Wildman–Crippen MR) is 56.9 cm³/mol. The monoisotopic (exact) mass is 217 g/mol. The molecule has 1 aliphatic heterocycles. The number of pyridine rings is 1. The number of carboxylic acids is 1. The van der Waals surface area contributed by atoms with Crippen molar-refractivity contribution < 1.29 is 9.90 Å². The fourth-order valence-corrected chi connectivity index (χ4v) is 1.92. The van der Waals surface area contributed by atoms with Crippen molar-refractivity contribution in [1.29, 1.82) is 5.26 Å². The molecule has 0 bridgehead atoms. The smallest absolute Gasteiger partial charge is 0.308 e. The van der Waals surface area contributed by atoms with Crippen molar-refractivity contribution >= 4 is 11.7 Å². The Hall–Kier alpha value is -2.09. The van der Waals surface area contributed by atoms with Gasteiger partial charge in [0.15, 0.2) is 5.69 Å². The Morgan fingerprint density at radius 1 is 1.69 bits per heavy atom. The molecule has 0 spiro atoms. The van der Waals surface area contributed by atoms with Crippen molar-refractivity contribution in [3.05, 3.63) is 24.0 Å². The number of aromatic nitrogens is 1. The van der Waals surface area contributed by atoms with Gasteiger partial charge in [-0.2, -0.15) is 5.26 Å². The molecule has 5 nitrogen and oxygen atoms in total. The molecule has 0 saturated carbocycles. The fraction of sp³-hybridized carbons (Fsp3) is 0.364. The van der Waals surface area contributed by atoms with Crippen LogP contribution in [0.15, 0.2) is 18.3 Å². The van der Waals surface area contributed by atoms with Crippen LogP contribution < -0.4 is 4.90 Å². The van der Waals surface area contributed by atoms with E-state index in [4.69, 9.17) is 10.4 Å². The van der Waals surface area contributed by atoms with Gasteiger partial charge < -0.3 is 10.0 Å². The van der Waals surface area contributed by atoms with E-state index in [1.807, 2.05) is 11.0 Å². The Morgan fingerprint density at radius 3 is 3.12 bits per heavy atom. The predicted octanol–water partition coefficient (Wildman–Crippen LogP) is 0.864. The van der Waals surface area contributed by atoms with E-state index in [9.17, 15) is 4.79 Å². The number of carboxylic acid groups (broad SMARTS) is 1. The van der Waals surface area contributed by atoms with Crippen LogP contribution >= 0.6 is 0 Å². The summed E-state index contributed by atoms with van der Waals surface area (Å²) >= 11 is 0. The van der Waals surface area contributed by atoms with E-state index < -0.39 is 5.97 Å². The molecule has 1 saturated heterocycles. The second-order valence-electron chi connectivity index (χ2n) is 3.75. The van der Waals surface area contributed by atoms with Crippen LogP contribution in [0.25, 0.3) is 0 Å². The summed E-state index contributed by atoms with van der Waals surface area (Å²) in [6.07, 6.45) is 2.18. The number of nitriles is 1. The molecule has 0 amide bonds. The van der Waals surface area contributed by atoms with Crippen molar-refractivity contribution in [2.45, 2.75) is 6.42 Å². The maximum atomic E-state index is 10.8. The molecular weight excluding hydrogens is 206 g/mol. The van der Waals surface area contributed by atoms with Crippen LogP contribution in [0.1, 0.15) is 12.1 Å². The first kappa shape index (κ1) is 10.4. The summed E-state index contributed by atoms with van der Waals surface area (Å²) in [4.78, 5) is 16.7. The van der Waals surface area contributed by atoms with Gasteiger partial charge in [0.1, 0.15) is 6.07 Å². The number of hydrogen-bond donors (Lipinski definition) is 1. The average Bonchev–Trinajstić information content (AvgIpc) is 2.78. The van der Waals surface area contributed by atoms with Crippen molar-refractivity contribution in [2.75, 3.05) is 18.0 Å². The lowest BCUT2D eigenvalue weighted by molar-refractivity contribution is -0.140. The third kappa shape index (κ3) is 1.82. The molecular formula is C11H11N3O2. The molecule has 2 rings (SSSR count). The second-order valence-corrected chi connectivity index (χ2v) is 3.75. The lowest BCUT2D eigenvalue weighted by atomic mass is 10.1. The molecule has 1 aromatic rings. The summed E-state index contributed by atoms with van der Waals surface area (Å²) in [6.45, 7) is 1.12. The molecule has 0 aromatic carbocycles. The van der Waals surface area contributed by atoms with Gasteiger partial charge in [-0.1, -0.05) is 0 Å². The van der Waals surface area contributed by atoms with Crippen molar-refractivity contribution in [1.82, 2.24) is 4.98 Å².